The summed E-state index contributed by atoms with van der Waals surface area (Å²) in [6.45, 7) is 4.50. The molecule has 0 bridgehead atoms. The molecule has 7 heteroatoms. The van der Waals surface area contributed by atoms with E-state index in [1.807, 2.05) is 37.3 Å². The Hall–Kier alpha value is -2.93. The van der Waals surface area contributed by atoms with E-state index in [2.05, 4.69) is 34.4 Å². The average Bonchev–Trinajstić information content (AvgIpc) is 3.04. The second kappa shape index (κ2) is 8.64. The van der Waals surface area contributed by atoms with Gasteiger partial charge in [-0.2, -0.15) is 14.9 Å². The molecule has 0 aliphatic carbocycles. The zero-order valence-corrected chi connectivity index (χ0v) is 16.4. The van der Waals surface area contributed by atoms with Gasteiger partial charge in [0.1, 0.15) is 6.61 Å². The fourth-order valence-electron chi connectivity index (χ4n) is 2.70. The fraction of sp³-hybridized carbons (Fsp3) is 0.250. The molecule has 1 N–H and O–H groups in total. The number of benzene rings is 2. The molecule has 0 atom stereocenters. The van der Waals surface area contributed by atoms with Crippen molar-refractivity contribution < 1.29 is 9.47 Å². The van der Waals surface area contributed by atoms with E-state index in [-0.39, 0.29) is 0 Å². The number of aryl methyl sites for hydroxylation is 2. The highest BCUT2D eigenvalue weighted by Crippen LogP contribution is 2.31. The number of rotatable bonds is 7. The number of nitrogens with zero attached hydrogens (tertiary/aromatic N) is 3. The number of ether oxygens (including phenoxy) is 2. The fourth-order valence-corrected chi connectivity index (χ4v) is 2.90. The molecule has 0 saturated carbocycles. The topological polar surface area (TPSA) is 64.4 Å². The summed E-state index contributed by atoms with van der Waals surface area (Å²) in [6, 6.07) is 13.9. The molecular formula is C20H22N4O2S. The summed E-state index contributed by atoms with van der Waals surface area (Å²) in [6.07, 6.45) is 2.43. The summed E-state index contributed by atoms with van der Waals surface area (Å²) in [5.74, 6) is 2.05. The maximum Gasteiger partial charge on any atom is 0.216 e. The number of aromatic amines is 1. The number of nitrogens with one attached hydrogen (secondary N) is 1. The number of hydrogen-bond donors (Lipinski definition) is 1. The summed E-state index contributed by atoms with van der Waals surface area (Å²) < 4.78 is 13.6. The highest BCUT2D eigenvalue weighted by molar-refractivity contribution is 7.71. The third-order valence-corrected chi connectivity index (χ3v) is 4.31. The minimum absolute atomic E-state index is 0.439. The minimum atomic E-state index is 0.439. The highest BCUT2D eigenvalue weighted by atomic mass is 32.1. The second-order valence-electron chi connectivity index (χ2n) is 6.01. The standard InChI is InChI=1S/C20H22N4O2S/c1-4-18-22-23-20(27)24(18)21-12-16-9-6-10-17(25-3)19(16)26-13-15-8-5-7-14(2)11-15/h5-12H,4,13H2,1-3H3,(H,23,27)/b21-12-. The van der Waals surface area contributed by atoms with E-state index in [0.717, 1.165) is 23.4 Å². The molecule has 0 radical (unpaired) electrons. The van der Waals surface area contributed by atoms with Gasteiger partial charge in [0.05, 0.1) is 13.3 Å². The van der Waals surface area contributed by atoms with E-state index in [9.17, 15) is 0 Å². The van der Waals surface area contributed by atoms with Crippen LogP contribution in [0.1, 0.15) is 29.4 Å². The van der Waals surface area contributed by atoms with Crippen molar-refractivity contribution in [1.29, 1.82) is 0 Å². The third-order valence-electron chi connectivity index (χ3n) is 4.04. The second-order valence-corrected chi connectivity index (χ2v) is 6.40. The zero-order valence-electron chi connectivity index (χ0n) is 15.6. The molecule has 0 unspecified atom stereocenters. The molecule has 0 amide bonds. The van der Waals surface area contributed by atoms with Crippen molar-refractivity contribution in [2.45, 2.75) is 26.9 Å². The van der Waals surface area contributed by atoms with E-state index in [1.165, 1.54) is 5.56 Å². The third kappa shape index (κ3) is 4.43. The van der Waals surface area contributed by atoms with Crippen LogP contribution in [0.25, 0.3) is 0 Å². The van der Waals surface area contributed by atoms with Gasteiger partial charge in [0.2, 0.25) is 4.77 Å². The molecule has 0 fully saturated rings. The predicted molar refractivity (Wildman–Crippen MR) is 108 cm³/mol. The Morgan fingerprint density at radius 2 is 2.07 bits per heavy atom. The van der Waals surface area contributed by atoms with Gasteiger partial charge in [-0.25, -0.2) is 0 Å². The Bertz CT molecular complexity index is 1010. The molecular weight excluding hydrogens is 360 g/mol. The quantitative estimate of drug-likeness (QED) is 0.489. The van der Waals surface area contributed by atoms with E-state index >= 15 is 0 Å². The van der Waals surface area contributed by atoms with Crippen LogP contribution < -0.4 is 9.47 Å². The SMILES string of the molecule is CCc1n[nH]c(=S)n1/N=C\c1cccc(OC)c1OCc1cccc(C)c1. The molecule has 0 spiro atoms. The van der Waals surface area contributed by atoms with Gasteiger partial charge in [0, 0.05) is 12.0 Å². The largest absolute Gasteiger partial charge is 0.493 e. The molecule has 0 saturated heterocycles. The predicted octanol–water partition coefficient (Wildman–Crippen LogP) is 4.28. The molecule has 1 aromatic heterocycles. The van der Waals surface area contributed by atoms with Crippen LogP contribution in [0.3, 0.4) is 0 Å². The van der Waals surface area contributed by atoms with Crippen LogP contribution in [0.5, 0.6) is 11.5 Å². The summed E-state index contributed by atoms with van der Waals surface area (Å²) in [4.78, 5) is 0. The lowest BCUT2D eigenvalue weighted by Crippen LogP contribution is -2.02. The average molecular weight is 382 g/mol. The molecule has 1 heterocycles. The van der Waals surface area contributed by atoms with Crippen molar-refractivity contribution in [2.24, 2.45) is 5.10 Å². The lowest BCUT2D eigenvalue weighted by atomic mass is 10.1. The smallest absolute Gasteiger partial charge is 0.216 e. The van der Waals surface area contributed by atoms with Crippen LogP contribution >= 0.6 is 12.2 Å². The monoisotopic (exact) mass is 382 g/mol. The first-order valence-corrected chi connectivity index (χ1v) is 9.09. The van der Waals surface area contributed by atoms with Crippen molar-refractivity contribution in [3.63, 3.8) is 0 Å². The molecule has 3 rings (SSSR count). The van der Waals surface area contributed by atoms with Gasteiger partial charge in [-0.1, -0.05) is 42.8 Å². The van der Waals surface area contributed by atoms with Crippen LogP contribution in [0, 0.1) is 11.7 Å². The first-order chi connectivity index (χ1) is 13.1. The number of para-hydroxylation sites is 1. The molecule has 0 aliphatic heterocycles. The Morgan fingerprint density at radius 3 is 2.81 bits per heavy atom. The minimum Gasteiger partial charge on any atom is -0.493 e. The van der Waals surface area contributed by atoms with E-state index < -0.39 is 0 Å². The van der Waals surface area contributed by atoms with Gasteiger partial charge in [0.15, 0.2) is 17.3 Å². The van der Waals surface area contributed by atoms with Crippen molar-refractivity contribution >= 4 is 18.4 Å². The van der Waals surface area contributed by atoms with E-state index in [0.29, 0.717) is 22.9 Å². The Balaban J connectivity index is 1.90. The number of aromatic nitrogens is 3. The highest BCUT2D eigenvalue weighted by Gasteiger charge is 2.10. The van der Waals surface area contributed by atoms with Crippen LogP contribution in [0.2, 0.25) is 0 Å². The number of methoxy groups -OCH3 is 1. The maximum atomic E-state index is 6.08. The summed E-state index contributed by atoms with van der Waals surface area (Å²) in [7, 11) is 1.62. The molecule has 3 aromatic rings. The number of H-pyrrole nitrogens is 1. The van der Waals surface area contributed by atoms with Crippen LogP contribution in [-0.2, 0) is 13.0 Å². The van der Waals surface area contributed by atoms with Crippen molar-refractivity contribution in [2.75, 3.05) is 7.11 Å². The van der Waals surface area contributed by atoms with E-state index in [4.69, 9.17) is 21.7 Å². The van der Waals surface area contributed by atoms with Crippen LogP contribution in [0.15, 0.2) is 47.6 Å². The van der Waals surface area contributed by atoms with Crippen molar-refractivity contribution in [1.82, 2.24) is 14.9 Å². The van der Waals surface area contributed by atoms with Gasteiger partial charge in [0.25, 0.3) is 0 Å². The molecule has 27 heavy (non-hydrogen) atoms. The number of hydrogen-bond acceptors (Lipinski definition) is 5. The first-order valence-electron chi connectivity index (χ1n) is 8.68. The molecule has 0 aliphatic rings. The summed E-state index contributed by atoms with van der Waals surface area (Å²) in [5.41, 5.74) is 3.08. The van der Waals surface area contributed by atoms with Gasteiger partial charge in [-0.05, 0) is 36.8 Å². The van der Waals surface area contributed by atoms with E-state index in [1.54, 1.807) is 18.0 Å². The zero-order chi connectivity index (χ0) is 19.2. The molecule has 2 aromatic carbocycles. The molecule has 6 nitrogen and oxygen atoms in total. The van der Waals surface area contributed by atoms with Gasteiger partial charge in [-0.15, -0.1) is 0 Å². The Kier molecular flexibility index (Phi) is 6.03. The van der Waals surface area contributed by atoms with Crippen LogP contribution in [0.4, 0.5) is 0 Å². The molecule has 140 valence electrons. The first kappa shape index (κ1) is 18.8. The van der Waals surface area contributed by atoms with Gasteiger partial charge < -0.3 is 9.47 Å². The van der Waals surface area contributed by atoms with Gasteiger partial charge >= 0.3 is 0 Å². The normalized spacial score (nSPS) is 11.1. The maximum absolute atomic E-state index is 6.08. The lowest BCUT2D eigenvalue weighted by molar-refractivity contribution is 0.284. The summed E-state index contributed by atoms with van der Waals surface area (Å²) >= 11 is 5.24. The summed E-state index contributed by atoms with van der Waals surface area (Å²) in [5, 5.41) is 11.4. The van der Waals surface area contributed by atoms with Crippen molar-refractivity contribution in [3.05, 3.63) is 69.8 Å². The Morgan fingerprint density at radius 1 is 1.26 bits per heavy atom. The van der Waals surface area contributed by atoms with Gasteiger partial charge in [-0.3, -0.25) is 5.10 Å². The Labute approximate surface area is 163 Å². The van der Waals surface area contributed by atoms with Crippen LogP contribution in [-0.4, -0.2) is 28.2 Å². The lowest BCUT2D eigenvalue weighted by Gasteiger charge is -2.13. The van der Waals surface area contributed by atoms with Crippen molar-refractivity contribution in [3.8, 4) is 11.5 Å².